The van der Waals surface area contributed by atoms with Crippen LogP contribution in [0.15, 0.2) is 97.2 Å². The van der Waals surface area contributed by atoms with Crippen molar-refractivity contribution in [1.82, 2.24) is 0 Å². The van der Waals surface area contributed by atoms with Crippen molar-refractivity contribution < 1.29 is 46.8 Å². The summed E-state index contributed by atoms with van der Waals surface area (Å²) in [6, 6.07) is 0. The third-order valence-electron chi connectivity index (χ3n) is 9.51. The van der Waals surface area contributed by atoms with Gasteiger partial charge in [-0.05, 0) is 96.3 Å². The van der Waals surface area contributed by atoms with E-state index in [-0.39, 0.29) is 38.3 Å². The zero-order chi connectivity index (χ0) is 44.7. The Hall–Kier alpha value is -3.11. The summed E-state index contributed by atoms with van der Waals surface area (Å²) >= 11 is 0. The Morgan fingerprint density at radius 3 is 1.70 bits per heavy atom. The molecule has 61 heavy (non-hydrogen) atoms. The monoisotopic (exact) mass is 872 g/mol. The number of carbonyl (C=O) groups excluding carboxylic acids is 2. The van der Waals surface area contributed by atoms with E-state index in [9.17, 15) is 19.0 Å². The third-order valence-corrected chi connectivity index (χ3v) is 10.5. The molecule has 346 valence electrons. The molecule has 0 aromatic rings. The maximum absolute atomic E-state index is 12.8. The van der Waals surface area contributed by atoms with Gasteiger partial charge in [-0.1, -0.05) is 130 Å². The van der Waals surface area contributed by atoms with Gasteiger partial charge in [-0.3, -0.25) is 14.2 Å². The number of esters is 2. The third kappa shape index (κ3) is 38.3. The largest absolute Gasteiger partial charge is 0.756 e. The van der Waals surface area contributed by atoms with Crippen LogP contribution in [-0.2, 0) is 37.4 Å². The van der Waals surface area contributed by atoms with E-state index in [4.69, 9.17) is 23.3 Å². The van der Waals surface area contributed by atoms with Crippen molar-refractivity contribution in [2.24, 2.45) is 0 Å². The highest BCUT2D eigenvalue weighted by molar-refractivity contribution is 7.45. The van der Waals surface area contributed by atoms with Gasteiger partial charge < -0.3 is 32.6 Å². The molecular weight excluding hydrogens is 790 g/mol. The number of quaternary nitrogens is 1. The number of likely N-dealkylation sites (N-methyl/N-ethyl adjacent to an activating group) is 1. The number of epoxide rings is 1. The first kappa shape index (κ1) is 55.9. The molecular formula is C50H82NO9P. The Balaban J connectivity index is 2.36. The normalized spacial score (nSPS) is 17.7. The van der Waals surface area contributed by atoms with Crippen LogP contribution < -0.4 is 4.89 Å². The minimum absolute atomic E-state index is 0.0566. The molecule has 1 fully saturated rings. The van der Waals surface area contributed by atoms with E-state index < -0.39 is 32.5 Å². The van der Waals surface area contributed by atoms with E-state index in [1.54, 1.807) is 0 Å². The molecule has 0 amide bonds. The molecule has 1 saturated heterocycles. The topological polar surface area (TPSA) is 124 Å². The van der Waals surface area contributed by atoms with Crippen LogP contribution in [0.5, 0.6) is 0 Å². The number of allylic oxidation sites excluding steroid dienone is 15. The van der Waals surface area contributed by atoms with E-state index in [1.165, 1.54) is 19.3 Å². The second kappa shape index (κ2) is 37.4. The Morgan fingerprint density at radius 1 is 0.623 bits per heavy atom. The second-order valence-electron chi connectivity index (χ2n) is 16.4. The van der Waals surface area contributed by atoms with Crippen molar-refractivity contribution in [3.63, 3.8) is 0 Å². The number of unbranched alkanes of at least 4 members (excludes halogenated alkanes) is 6. The van der Waals surface area contributed by atoms with Crippen LogP contribution in [0.25, 0.3) is 0 Å². The summed E-state index contributed by atoms with van der Waals surface area (Å²) in [4.78, 5) is 37.7. The predicted molar refractivity (Wildman–Crippen MR) is 249 cm³/mol. The van der Waals surface area contributed by atoms with Gasteiger partial charge in [-0.15, -0.1) is 0 Å². The standard InChI is InChI=1S/C50H82NO9P/c1-6-8-10-12-14-16-18-20-21-22-23-24-25-26-28-30-32-34-36-40-49(52)56-44-46(45-58-61(54,55)57-43-42-51(3,4)5)59-50(53)41-37-39-48-47(60-48)38-35-33-31-29-27-19-17-15-13-11-9-7-2/h8,10,14-17,20-21,23-24,26-29,33,35,46-48H,6-7,9,11-13,18-19,22,25,30-32,34,36-45H2,1-5H3/b10-8-,16-14-,17-15-,21-20-,24-23-,28-26-,29-27-,35-33-/t46-,47?,48?/m1/s1. The molecule has 0 aromatic carbocycles. The van der Waals surface area contributed by atoms with E-state index >= 15 is 0 Å². The van der Waals surface area contributed by atoms with Crippen molar-refractivity contribution in [2.45, 2.75) is 161 Å². The van der Waals surface area contributed by atoms with Crippen LogP contribution >= 0.6 is 7.82 Å². The molecule has 0 bridgehead atoms. The molecule has 1 heterocycles. The maximum atomic E-state index is 12.8. The number of hydrogen-bond donors (Lipinski definition) is 0. The number of hydrogen-bond acceptors (Lipinski definition) is 9. The predicted octanol–water partition coefficient (Wildman–Crippen LogP) is 11.7. The molecule has 0 radical (unpaired) electrons. The lowest BCUT2D eigenvalue weighted by Crippen LogP contribution is -2.37. The average molecular weight is 872 g/mol. The van der Waals surface area contributed by atoms with Crippen molar-refractivity contribution in [1.29, 1.82) is 0 Å². The van der Waals surface area contributed by atoms with Gasteiger partial charge in [0.1, 0.15) is 19.8 Å². The SMILES string of the molecule is CC/C=C\C/C=C\C/C=C\C/C=C\C/C=C\CCCCCC(=O)OC[C@H](COP(=O)([O-])OCC[N+](C)(C)C)OC(=O)CCCC1OC1C/C=C\C/C=C\C/C=C\CCCCC. The molecule has 0 spiro atoms. The summed E-state index contributed by atoms with van der Waals surface area (Å²) in [5.74, 6) is -0.959. The van der Waals surface area contributed by atoms with Crippen molar-refractivity contribution in [2.75, 3.05) is 47.5 Å². The van der Waals surface area contributed by atoms with Gasteiger partial charge in [0.05, 0.1) is 40.0 Å². The molecule has 11 heteroatoms. The molecule has 4 atom stereocenters. The molecule has 1 aliphatic heterocycles. The minimum atomic E-state index is -4.67. The first-order valence-electron chi connectivity index (χ1n) is 23.1. The van der Waals surface area contributed by atoms with E-state index in [2.05, 4.69) is 111 Å². The molecule has 10 nitrogen and oxygen atoms in total. The summed E-state index contributed by atoms with van der Waals surface area (Å²) in [6.45, 7) is 3.93. The van der Waals surface area contributed by atoms with Gasteiger partial charge in [0, 0.05) is 12.8 Å². The number of phosphoric acid groups is 1. The highest BCUT2D eigenvalue weighted by Crippen LogP contribution is 2.38. The number of carbonyl (C=O) groups is 2. The van der Waals surface area contributed by atoms with Gasteiger partial charge in [0.2, 0.25) is 0 Å². The zero-order valence-corrected chi connectivity index (χ0v) is 39.4. The highest BCUT2D eigenvalue weighted by Gasteiger charge is 2.36. The Labute approximate surface area is 370 Å². The average Bonchev–Trinajstić information content (AvgIpc) is 3.97. The number of rotatable bonds is 39. The van der Waals surface area contributed by atoms with Crippen LogP contribution in [0.3, 0.4) is 0 Å². The first-order chi connectivity index (χ1) is 29.5. The van der Waals surface area contributed by atoms with Crippen molar-refractivity contribution in [3.05, 3.63) is 97.2 Å². The number of phosphoric ester groups is 1. The number of nitrogens with zero attached hydrogens (tertiary/aromatic N) is 1. The van der Waals surface area contributed by atoms with Crippen LogP contribution in [-0.4, -0.2) is 82.2 Å². The fraction of sp³-hybridized carbons (Fsp3) is 0.640. The summed E-state index contributed by atoms with van der Waals surface area (Å²) in [5, 5.41) is 0. The maximum Gasteiger partial charge on any atom is 0.306 e. The van der Waals surface area contributed by atoms with Crippen LogP contribution in [0.2, 0.25) is 0 Å². The molecule has 3 unspecified atom stereocenters. The number of ether oxygens (including phenoxy) is 3. The van der Waals surface area contributed by atoms with E-state index in [0.717, 1.165) is 77.0 Å². The highest BCUT2D eigenvalue weighted by atomic mass is 31.2. The van der Waals surface area contributed by atoms with Crippen molar-refractivity contribution in [3.8, 4) is 0 Å². The first-order valence-corrected chi connectivity index (χ1v) is 24.5. The molecule has 1 aliphatic rings. The van der Waals surface area contributed by atoms with Gasteiger partial charge in [0.25, 0.3) is 7.82 Å². The smallest absolute Gasteiger partial charge is 0.306 e. The van der Waals surface area contributed by atoms with Crippen molar-refractivity contribution >= 4 is 19.8 Å². The van der Waals surface area contributed by atoms with Crippen LogP contribution in [0, 0.1) is 0 Å². The fourth-order valence-electron chi connectivity index (χ4n) is 5.82. The molecule has 0 aliphatic carbocycles. The van der Waals surface area contributed by atoms with Gasteiger partial charge in [-0.25, -0.2) is 0 Å². The lowest BCUT2D eigenvalue weighted by Gasteiger charge is -2.28. The Kier molecular flexibility index (Phi) is 34.3. The van der Waals surface area contributed by atoms with Crippen LogP contribution in [0.1, 0.15) is 142 Å². The molecule has 0 saturated carbocycles. The Bertz CT molecular complexity index is 1420. The lowest BCUT2D eigenvalue weighted by molar-refractivity contribution is -0.870. The quantitative estimate of drug-likeness (QED) is 0.0148. The summed E-state index contributed by atoms with van der Waals surface area (Å²) in [6.07, 6.45) is 51.7. The summed E-state index contributed by atoms with van der Waals surface area (Å²) < 4.78 is 39.7. The van der Waals surface area contributed by atoms with Gasteiger partial charge >= 0.3 is 11.9 Å². The fourth-order valence-corrected chi connectivity index (χ4v) is 6.55. The molecule has 0 aromatic heterocycles. The van der Waals surface area contributed by atoms with E-state index in [1.807, 2.05) is 21.1 Å². The zero-order valence-electron chi connectivity index (χ0n) is 38.5. The van der Waals surface area contributed by atoms with Crippen LogP contribution in [0.4, 0.5) is 0 Å². The molecule has 0 N–H and O–H groups in total. The van der Waals surface area contributed by atoms with Gasteiger partial charge in [-0.2, -0.15) is 0 Å². The minimum Gasteiger partial charge on any atom is -0.756 e. The summed E-state index contributed by atoms with van der Waals surface area (Å²) in [7, 11) is 1.08. The lowest BCUT2D eigenvalue weighted by atomic mass is 10.1. The van der Waals surface area contributed by atoms with E-state index in [0.29, 0.717) is 30.3 Å². The molecule has 1 rings (SSSR count). The van der Waals surface area contributed by atoms with Gasteiger partial charge in [0.15, 0.2) is 6.10 Å². The summed E-state index contributed by atoms with van der Waals surface area (Å²) in [5.41, 5.74) is 0. The second-order valence-corrected chi connectivity index (χ2v) is 17.8. The Morgan fingerprint density at radius 2 is 1.15 bits per heavy atom.